The molecule has 4 heteroatoms. The highest BCUT2D eigenvalue weighted by molar-refractivity contribution is 6.31. The summed E-state index contributed by atoms with van der Waals surface area (Å²) in [5.74, 6) is 0.396. The maximum absolute atomic E-state index is 12.8. The fraction of sp³-hybridized carbons (Fsp3) is 0.118. The van der Waals surface area contributed by atoms with Crippen LogP contribution in [0.15, 0.2) is 42.6 Å². The number of nitrogens with one attached hydrogen (secondary N) is 1. The van der Waals surface area contributed by atoms with Crippen LogP contribution >= 0.6 is 11.6 Å². The van der Waals surface area contributed by atoms with E-state index in [1.807, 2.05) is 25.1 Å². The summed E-state index contributed by atoms with van der Waals surface area (Å²) in [6.45, 7) is 2.02. The minimum atomic E-state index is -0.0846. The number of carbonyl (C=O) groups excluding carboxylic acids is 1. The van der Waals surface area contributed by atoms with E-state index in [0.717, 1.165) is 16.5 Å². The van der Waals surface area contributed by atoms with Gasteiger partial charge in [0, 0.05) is 27.7 Å². The van der Waals surface area contributed by atoms with Crippen molar-refractivity contribution in [3.63, 3.8) is 0 Å². The summed E-state index contributed by atoms with van der Waals surface area (Å²) in [5, 5.41) is 1.44. The zero-order chi connectivity index (χ0) is 15.0. The third kappa shape index (κ3) is 2.41. The first-order chi connectivity index (χ1) is 10.1. The molecule has 0 spiro atoms. The zero-order valence-electron chi connectivity index (χ0n) is 11.7. The number of halogens is 1. The number of hydrogen-bond acceptors (Lipinski definition) is 2. The number of aromatic amines is 1. The molecular weight excluding hydrogens is 286 g/mol. The number of carbonyl (C=O) groups is 1. The molecule has 0 unspecified atom stereocenters. The highest BCUT2D eigenvalue weighted by Gasteiger charge is 2.18. The molecule has 1 heterocycles. The number of aromatic nitrogens is 1. The smallest absolute Gasteiger partial charge is 0.198 e. The summed E-state index contributed by atoms with van der Waals surface area (Å²) in [4.78, 5) is 15.9. The molecule has 0 aliphatic carbocycles. The van der Waals surface area contributed by atoms with Gasteiger partial charge in [-0.25, -0.2) is 0 Å². The van der Waals surface area contributed by atoms with Crippen molar-refractivity contribution < 1.29 is 9.53 Å². The molecule has 3 aromatic rings. The standard InChI is InChI=1S/C17H14ClNO2/c1-10-3-5-12-14(9-19-15(12)7-10)17(20)13-6-4-11(18)8-16(13)21-2/h3-9,19H,1-2H3. The fourth-order valence-corrected chi connectivity index (χ4v) is 2.59. The number of H-pyrrole nitrogens is 1. The van der Waals surface area contributed by atoms with Crippen LogP contribution in [0.5, 0.6) is 5.75 Å². The Balaban J connectivity index is 2.13. The van der Waals surface area contributed by atoms with Crippen LogP contribution in [-0.4, -0.2) is 17.9 Å². The maximum Gasteiger partial charge on any atom is 0.198 e. The molecule has 21 heavy (non-hydrogen) atoms. The van der Waals surface area contributed by atoms with Crippen molar-refractivity contribution in [2.45, 2.75) is 6.92 Å². The normalized spacial score (nSPS) is 10.8. The monoisotopic (exact) mass is 299 g/mol. The first-order valence-electron chi connectivity index (χ1n) is 6.56. The van der Waals surface area contributed by atoms with E-state index in [-0.39, 0.29) is 5.78 Å². The molecular formula is C17H14ClNO2. The molecule has 0 radical (unpaired) electrons. The van der Waals surface area contributed by atoms with E-state index in [4.69, 9.17) is 16.3 Å². The predicted octanol–water partition coefficient (Wildman–Crippen LogP) is 4.37. The number of hydrogen-bond donors (Lipinski definition) is 1. The Bertz CT molecular complexity index is 836. The van der Waals surface area contributed by atoms with Crippen LogP contribution in [0.2, 0.25) is 5.02 Å². The second-order valence-electron chi connectivity index (χ2n) is 4.93. The third-order valence-electron chi connectivity index (χ3n) is 3.49. The molecule has 0 amide bonds. The predicted molar refractivity (Wildman–Crippen MR) is 84.5 cm³/mol. The molecule has 0 saturated carbocycles. The number of aryl methyl sites for hydroxylation is 1. The summed E-state index contributed by atoms with van der Waals surface area (Å²) in [6.07, 6.45) is 1.74. The highest BCUT2D eigenvalue weighted by atomic mass is 35.5. The van der Waals surface area contributed by atoms with Crippen LogP contribution in [0.25, 0.3) is 10.9 Å². The van der Waals surface area contributed by atoms with E-state index >= 15 is 0 Å². The minimum absolute atomic E-state index is 0.0846. The van der Waals surface area contributed by atoms with Gasteiger partial charge < -0.3 is 9.72 Å². The Morgan fingerprint density at radius 3 is 2.71 bits per heavy atom. The SMILES string of the molecule is COc1cc(Cl)ccc1C(=O)c1c[nH]c2cc(C)ccc12. The fourth-order valence-electron chi connectivity index (χ4n) is 2.43. The second kappa shape index (κ2) is 5.26. The van der Waals surface area contributed by atoms with Crippen LogP contribution in [0.4, 0.5) is 0 Å². The van der Waals surface area contributed by atoms with Crippen molar-refractivity contribution >= 4 is 28.3 Å². The summed E-state index contributed by atoms with van der Waals surface area (Å²) < 4.78 is 5.26. The molecule has 0 aliphatic rings. The molecule has 0 saturated heterocycles. The van der Waals surface area contributed by atoms with Gasteiger partial charge in [0.25, 0.3) is 0 Å². The van der Waals surface area contributed by atoms with Crippen molar-refractivity contribution in [3.05, 3.63) is 64.3 Å². The van der Waals surface area contributed by atoms with Crippen molar-refractivity contribution in [2.75, 3.05) is 7.11 Å². The number of ketones is 1. The average molecular weight is 300 g/mol. The van der Waals surface area contributed by atoms with E-state index in [0.29, 0.717) is 21.9 Å². The molecule has 3 nitrogen and oxygen atoms in total. The summed E-state index contributed by atoms with van der Waals surface area (Å²) in [6, 6.07) is 11.0. The lowest BCUT2D eigenvalue weighted by molar-refractivity contribution is 0.103. The van der Waals surface area contributed by atoms with Gasteiger partial charge in [-0.1, -0.05) is 23.7 Å². The topological polar surface area (TPSA) is 42.1 Å². The van der Waals surface area contributed by atoms with E-state index < -0.39 is 0 Å². The van der Waals surface area contributed by atoms with E-state index in [1.54, 1.807) is 24.4 Å². The molecule has 0 fully saturated rings. The van der Waals surface area contributed by atoms with Gasteiger partial charge in [-0.3, -0.25) is 4.79 Å². The molecule has 0 atom stereocenters. The maximum atomic E-state index is 12.8. The largest absolute Gasteiger partial charge is 0.496 e. The van der Waals surface area contributed by atoms with Crippen molar-refractivity contribution in [2.24, 2.45) is 0 Å². The second-order valence-corrected chi connectivity index (χ2v) is 5.36. The quantitative estimate of drug-likeness (QED) is 0.730. The molecule has 3 rings (SSSR count). The summed E-state index contributed by atoms with van der Waals surface area (Å²) in [5.41, 5.74) is 3.23. The van der Waals surface area contributed by atoms with E-state index in [2.05, 4.69) is 4.98 Å². The van der Waals surface area contributed by atoms with Gasteiger partial charge in [-0.05, 0) is 36.8 Å². The van der Waals surface area contributed by atoms with Gasteiger partial charge in [0.2, 0.25) is 0 Å². The molecule has 1 N–H and O–H groups in total. The summed E-state index contributed by atoms with van der Waals surface area (Å²) in [7, 11) is 1.53. The van der Waals surface area contributed by atoms with Crippen LogP contribution in [0.1, 0.15) is 21.5 Å². The molecule has 2 aromatic carbocycles. The Labute approximate surface area is 127 Å². The molecule has 0 bridgehead atoms. The number of rotatable bonds is 3. The van der Waals surface area contributed by atoms with Gasteiger partial charge >= 0.3 is 0 Å². The molecule has 1 aromatic heterocycles. The number of ether oxygens (including phenoxy) is 1. The Morgan fingerprint density at radius 2 is 1.95 bits per heavy atom. The summed E-state index contributed by atoms with van der Waals surface area (Å²) >= 11 is 5.94. The minimum Gasteiger partial charge on any atom is -0.496 e. The van der Waals surface area contributed by atoms with Crippen LogP contribution in [0.3, 0.4) is 0 Å². The van der Waals surface area contributed by atoms with Gasteiger partial charge in [0.05, 0.1) is 12.7 Å². The van der Waals surface area contributed by atoms with Crippen molar-refractivity contribution in [1.29, 1.82) is 0 Å². The van der Waals surface area contributed by atoms with E-state index in [9.17, 15) is 4.79 Å². The Morgan fingerprint density at radius 1 is 1.14 bits per heavy atom. The van der Waals surface area contributed by atoms with Gasteiger partial charge in [0.15, 0.2) is 5.78 Å². The van der Waals surface area contributed by atoms with Crippen LogP contribution in [0, 0.1) is 6.92 Å². The number of fused-ring (bicyclic) bond motifs is 1. The lowest BCUT2D eigenvalue weighted by Crippen LogP contribution is -2.03. The van der Waals surface area contributed by atoms with Gasteiger partial charge in [-0.2, -0.15) is 0 Å². The van der Waals surface area contributed by atoms with Gasteiger partial charge in [-0.15, -0.1) is 0 Å². The highest BCUT2D eigenvalue weighted by Crippen LogP contribution is 2.28. The number of methoxy groups -OCH3 is 1. The molecule has 106 valence electrons. The zero-order valence-corrected chi connectivity index (χ0v) is 12.5. The third-order valence-corrected chi connectivity index (χ3v) is 3.73. The lowest BCUT2D eigenvalue weighted by atomic mass is 10.0. The van der Waals surface area contributed by atoms with Gasteiger partial charge in [0.1, 0.15) is 5.75 Å². The Hall–Kier alpha value is -2.26. The average Bonchev–Trinajstić information content (AvgIpc) is 2.89. The lowest BCUT2D eigenvalue weighted by Gasteiger charge is -2.07. The van der Waals surface area contributed by atoms with Crippen LogP contribution < -0.4 is 4.74 Å². The van der Waals surface area contributed by atoms with E-state index in [1.165, 1.54) is 7.11 Å². The first kappa shape index (κ1) is 13.7. The first-order valence-corrected chi connectivity index (χ1v) is 6.94. The van der Waals surface area contributed by atoms with Crippen molar-refractivity contribution in [1.82, 2.24) is 4.98 Å². The van der Waals surface area contributed by atoms with Crippen LogP contribution in [-0.2, 0) is 0 Å². The Kier molecular flexibility index (Phi) is 3.43. The molecule has 0 aliphatic heterocycles. The number of benzene rings is 2. The van der Waals surface area contributed by atoms with Crippen molar-refractivity contribution in [3.8, 4) is 5.75 Å².